The van der Waals surface area contributed by atoms with Gasteiger partial charge in [0.1, 0.15) is 29.0 Å². The van der Waals surface area contributed by atoms with E-state index in [1.165, 1.54) is 12.5 Å². The van der Waals surface area contributed by atoms with Crippen LogP contribution in [0.25, 0.3) is 27.6 Å². The van der Waals surface area contributed by atoms with Gasteiger partial charge in [-0.2, -0.15) is 0 Å². The van der Waals surface area contributed by atoms with E-state index in [4.69, 9.17) is 4.74 Å². The Bertz CT molecular complexity index is 1300. The predicted octanol–water partition coefficient (Wildman–Crippen LogP) is 3.39. The highest BCUT2D eigenvalue weighted by Crippen LogP contribution is 2.32. The van der Waals surface area contributed by atoms with Crippen LogP contribution in [0.2, 0.25) is 0 Å². The standard InChI is InChI=1S/C21H16F2N4O3/c22-14-1-2-15(23)20-18(14)16(3-4-24-20)27-11-25-19-13(21(28)29)9-12(10-17(19)27)26-5-7-30-8-6-26/h1-4,9-11H,5-8H2,(H,28,29). The summed E-state index contributed by atoms with van der Waals surface area (Å²) in [7, 11) is 0. The molecular weight excluding hydrogens is 394 g/mol. The normalized spacial score (nSPS) is 14.5. The van der Waals surface area contributed by atoms with Crippen molar-refractivity contribution >= 4 is 33.6 Å². The van der Waals surface area contributed by atoms with Crippen LogP contribution < -0.4 is 4.90 Å². The number of benzene rings is 2. The number of carboxylic acid groups (broad SMARTS) is 1. The van der Waals surface area contributed by atoms with Crippen molar-refractivity contribution in [1.29, 1.82) is 0 Å². The van der Waals surface area contributed by atoms with Crippen molar-refractivity contribution < 1.29 is 23.4 Å². The van der Waals surface area contributed by atoms with E-state index in [1.54, 1.807) is 16.7 Å². The van der Waals surface area contributed by atoms with Crippen LogP contribution in [0.1, 0.15) is 10.4 Å². The molecule has 0 bridgehead atoms. The van der Waals surface area contributed by atoms with Crippen LogP contribution in [-0.2, 0) is 4.74 Å². The van der Waals surface area contributed by atoms with E-state index in [0.29, 0.717) is 43.2 Å². The number of hydrogen-bond donors (Lipinski definition) is 1. The molecule has 0 radical (unpaired) electrons. The van der Waals surface area contributed by atoms with E-state index in [9.17, 15) is 18.7 Å². The number of carbonyl (C=O) groups is 1. The molecule has 152 valence electrons. The number of morpholine rings is 1. The minimum absolute atomic E-state index is 0.00505. The number of carboxylic acids is 1. The summed E-state index contributed by atoms with van der Waals surface area (Å²) in [6, 6.07) is 7.01. The van der Waals surface area contributed by atoms with Gasteiger partial charge in [-0.3, -0.25) is 9.55 Å². The average Bonchev–Trinajstić information content (AvgIpc) is 3.19. The Morgan fingerprint density at radius 3 is 2.57 bits per heavy atom. The molecule has 5 rings (SSSR count). The minimum atomic E-state index is -1.11. The fourth-order valence-electron chi connectivity index (χ4n) is 3.84. The Labute approximate surface area is 169 Å². The largest absolute Gasteiger partial charge is 0.478 e. The smallest absolute Gasteiger partial charge is 0.338 e. The monoisotopic (exact) mass is 410 g/mol. The number of anilines is 1. The van der Waals surface area contributed by atoms with Gasteiger partial charge in [0.05, 0.1) is 35.4 Å². The minimum Gasteiger partial charge on any atom is -0.478 e. The van der Waals surface area contributed by atoms with Crippen molar-refractivity contribution in [3.8, 4) is 5.69 Å². The summed E-state index contributed by atoms with van der Waals surface area (Å²) in [5.41, 5.74) is 1.72. The molecule has 0 aliphatic carbocycles. The third kappa shape index (κ3) is 2.86. The molecule has 1 fully saturated rings. The Kier molecular flexibility index (Phi) is 4.32. The summed E-state index contributed by atoms with van der Waals surface area (Å²) in [6.45, 7) is 2.33. The summed E-state index contributed by atoms with van der Waals surface area (Å²) in [5.74, 6) is -2.38. The van der Waals surface area contributed by atoms with E-state index < -0.39 is 17.6 Å². The van der Waals surface area contributed by atoms with Crippen LogP contribution in [0.15, 0.2) is 42.9 Å². The lowest BCUT2D eigenvalue weighted by Crippen LogP contribution is -2.36. The Morgan fingerprint density at radius 1 is 1.03 bits per heavy atom. The first-order valence-corrected chi connectivity index (χ1v) is 9.35. The maximum absolute atomic E-state index is 14.6. The maximum Gasteiger partial charge on any atom is 0.338 e. The summed E-state index contributed by atoms with van der Waals surface area (Å²) in [4.78, 5) is 22.1. The fraction of sp³-hybridized carbons (Fsp3) is 0.190. The highest BCUT2D eigenvalue weighted by Gasteiger charge is 2.21. The molecule has 3 heterocycles. The third-order valence-electron chi connectivity index (χ3n) is 5.27. The van der Waals surface area contributed by atoms with Gasteiger partial charge in [0.25, 0.3) is 0 Å². The van der Waals surface area contributed by atoms with Crippen LogP contribution in [0.4, 0.5) is 14.5 Å². The molecular formula is C21H16F2N4O3. The van der Waals surface area contributed by atoms with E-state index in [-0.39, 0.29) is 22.0 Å². The first-order chi connectivity index (χ1) is 14.5. The zero-order chi connectivity index (χ0) is 20.8. The van der Waals surface area contributed by atoms with Gasteiger partial charge in [-0.1, -0.05) is 0 Å². The topological polar surface area (TPSA) is 80.5 Å². The number of nitrogens with zero attached hydrogens (tertiary/aromatic N) is 4. The van der Waals surface area contributed by atoms with Gasteiger partial charge in [-0.15, -0.1) is 0 Å². The molecule has 2 aromatic carbocycles. The van der Waals surface area contributed by atoms with Crippen LogP contribution >= 0.6 is 0 Å². The quantitative estimate of drug-likeness (QED) is 0.558. The van der Waals surface area contributed by atoms with Crippen molar-refractivity contribution in [2.24, 2.45) is 0 Å². The van der Waals surface area contributed by atoms with Crippen LogP contribution in [0, 0.1) is 11.6 Å². The number of halogens is 2. The predicted molar refractivity (Wildman–Crippen MR) is 106 cm³/mol. The molecule has 30 heavy (non-hydrogen) atoms. The number of imidazole rings is 1. The fourth-order valence-corrected chi connectivity index (χ4v) is 3.84. The number of hydrogen-bond acceptors (Lipinski definition) is 5. The molecule has 2 aromatic heterocycles. The molecule has 7 nitrogen and oxygen atoms in total. The van der Waals surface area contributed by atoms with Crippen LogP contribution in [0.3, 0.4) is 0 Å². The molecule has 9 heteroatoms. The second-order valence-electron chi connectivity index (χ2n) is 6.96. The highest BCUT2D eigenvalue weighted by atomic mass is 19.1. The second-order valence-corrected chi connectivity index (χ2v) is 6.96. The number of rotatable bonds is 3. The van der Waals surface area contributed by atoms with Crippen molar-refractivity contribution in [2.45, 2.75) is 0 Å². The Hall–Kier alpha value is -3.59. The summed E-state index contributed by atoms with van der Waals surface area (Å²) >= 11 is 0. The zero-order valence-electron chi connectivity index (χ0n) is 15.7. The number of aromatic carboxylic acids is 1. The van der Waals surface area contributed by atoms with E-state index in [1.807, 2.05) is 11.0 Å². The van der Waals surface area contributed by atoms with Crippen molar-refractivity contribution in [3.63, 3.8) is 0 Å². The van der Waals surface area contributed by atoms with Gasteiger partial charge in [0.15, 0.2) is 0 Å². The maximum atomic E-state index is 14.6. The summed E-state index contributed by atoms with van der Waals surface area (Å²) < 4.78 is 35.8. The van der Waals surface area contributed by atoms with Gasteiger partial charge in [-0.05, 0) is 30.3 Å². The molecule has 1 aliphatic heterocycles. The number of aromatic nitrogens is 3. The molecule has 1 saturated heterocycles. The average molecular weight is 410 g/mol. The Morgan fingerprint density at radius 2 is 1.80 bits per heavy atom. The van der Waals surface area contributed by atoms with Gasteiger partial charge >= 0.3 is 5.97 Å². The molecule has 1 aliphatic rings. The number of pyridine rings is 1. The van der Waals surface area contributed by atoms with E-state index in [2.05, 4.69) is 9.97 Å². The second kappa shape index (κ2) is 7.03. The van der Waals surface area contributed by atoms with Crippen LogP contribution in [-0.4, -0.2) is 51.9 Å². The van der Waals surface area contributed by atoms with Gasteiger partial charge < -0.3 is 14.7 Å². The number of ether oxygens (including phenoxy) is 1. The Balaban J connectivity index is 1.79. The lowest BCUT2D eigenvalue weighted by molar-refractivity contribution is 0.0699. The number of fused-ring (bicyclic) bond motifs is 2. The van der Waals surface area contributed by atoms with Gasteiger partial charge in [0, 0.05) is 25.0 Å². The lowest BCUT2D eigenvalue weighted by atomic mass is 10.1. The highest BCUT2D eigenvalue weighted by molar-refractivity contribution is 6.03. The molecule has 1 N–H and O–H groups in total. The third-order valence-corrected chi connectivity index (χ3v) is 5.27. The van der Waals surface area contributed by atoms with Crippen molar-refractivity contribution in [2.75, 3.05) is 31.2 Å². The van der Waals surface area contributed by atoms with E-state index >= 15 is 0 Å². The van der Waals surface area contributed by atoms with Crippen molar-refractivity contribution in [1.82, 2.24) is 14.5 Å². The molecule has 0 saturated carbocycles. The molecule has 0 amide bonds. The SMILES string of the molecule is O=C(O)c1cc(N2CCOCC2)cc2c1ncn2-c1ccnc2c(F)ccc(F)c12. The van der Waals surface area contributed by atoms with Crippen molar-refractivity contribution in [3.05, 3.63) is 60.1 Å². The van der Waals surface area contributed by atoms with Crippen LogP contribution in [0.5, 0.6) is 0 Å². The summed E-state index contributed by atoms with van der Waals surface area (Å²) in [6.07, 6.45) is 2.80. The van der Waals surface area contributed by atoms with Gasteiger partial charge in [-0.25, -0.2) is 18.6 Å². The first kappa shape index (κ1) is 18.4. The molecule has 0 spiro atoms. The van der Waals surface area contributed by atoms with Gasteiger partial charge in [0.2, 0.25) is 0 Å². The molecule has 0 unspecified atom stereocenters. The summed E-state index contributed by atoms with van der Waals surface area (Å²) in [5, 5.41) is 9.73. The molecule has 0 atom stereocenters. The lowest BCUT2D eigenvalue weighted by Gasteiger charge is -2.29. The van der Waals surface area contributed by atoms with E-state index in [0.717, 1.165) is 12.1 Å². The molecule has 4 aromatic rings. The first-order valence-electron chi connectivity index (χ1n) is 9.35. The zero-order valence-corrected chi connectivity index (χ0v) is 15.7.